The van der Waals surface area contributed by atoms with Gasteiger partial charge in [0.05, 0.1) is 13.2 Å². The first-order valence-corrected chi connectivity index (χ1v) is 5.99. The molecule has 0 aromatic heterocycles. The monoisotopic (exact) mass is 280 g/mol. The van der Waals surface area contributed by atoms with Crippen LogP contribution < -0.4 is 0 Å². The van der Waals surface area contributed by atoms with E-state index in [-0.39, 0.29) is 16.8 Å². The molecule has 1 unspecified atom stereocenters. The highest BCUT2D eigenvalue weighted by molar-refractivity contribution is 9.10. The lowest BCUT2D eigenvalue weighted by Gasteiger charge is -2.08. The Morgan fingerprint density at radius 3 is 2.33 bits per heavy atom. The molecule has 0 aliphatic carbocycles. The summed E-state index contributed by atoms with van der Waals surface area (Å²) >= 11 is 3.21. The fourth-order valence-electron chi connectivity index (χ4n) is 1.01. The van der Waals surface area contributed by atoms with Gasteiger partial charge in [-0.25, -0.2) is 0 Å². The van der Waals surface area contributed by atoms with Gasteiger partial charge in [0.15, 0.2) is 0 Å². The van der Waals surface area contributed by atoms with Crippen molar-refractivity contribution in [1.82, 2.24) is 0 Å². The van der Waals surface area contributed by atoms with E-state index in [0.29, 0.717) is 32.5 Å². The van der Waals surface area contributed by atoms with E-state index in [9.17, 15) is 9.59 Å². The van der Waals surface area contributed by atoms with E-state index in [4.69, 9.17) is 9.47 Å². The van der Waals surface area contributed by atoms with Crippen molar-refractivity contribution in [2.75, 3.05) is 13.2 Å². The maximum Gasteiger partial charge on any atom is 0.319 e. The first kappa shape index (κ1) is 14.4. The van der Waals surface area contributed by atoms with E-state index >= 15 is 0 Å². The molecule has 0 spiro atoms. The Balaban J connectivity index is 3.58. The standard InChI is InChI=1S/C10H17BrO4/c1-3-14-9(12)7-5-6-8(11)10(13)15-4-2/h8H,3-7H2,1-2H3. The molecule has 1 atom stereocenters. The van der Waals surface area contributed by atoms with Crippen LogP contribution in [0.1, 0.15) is 33.1 Å². The van der Waals surface area contributed by atoms with E-state index < -0.39 is 0 Å². The highest BCUT2D eigenvalue weighted by atomic mass is 79.9. The van der Waals surface area contributed by atoms with Crippen LogP contribution in [0.15, 0.2) is 0 Å². The van der Waals surface area contributed by atoms with Gasteiger partial charge in [-0.1, -0.05) is 15.9 Å². The third-order valence-electron chi connectivity index (χ3n) is 1.69. The smallest absolute Gasteiger partial charge is 0.319 e. The zero-order valence-corrected chi connectivity index (χ0v) is 10.7. The number of alkyl halides is 1. The molecule has 0 heterocycles. The lowest BCUT2D eigenvalue weighted by molar-refractivity contribution is -0.144. The second-order valence-corrected chi connectivity index (χ2v) is 4.02. The van der Waals surface area contributed by atoms with Crippen LogP contribution in [0.5, 0.6) is 0 Å². The van der Waals surface area contributed by atoms with Crippen LogP contribution in [0.25, 0.3) is 0 Å². The molecule has 4 nitrogen and oxygen atoms in total. The summed E-state index contributed by atoms with van der Waals surface area (Å²) in [6, 6.07) is 0. The molecule has 0 aliphatic rings. The predicted octanol–water partition coefficient (Wildman–Crippen LogP) is 2.05. The molecule has 0 rings (SSSR count). The van der Waals surface area contributed by atoms with Gasteiger partial charge in [-0.2, -0.15) is 0 Å². The van der Waals surface area contributed by atoms with E-state index in [0.717, 1.165) is 0 Å². The predicted molar refractivity (Wildman–Crippen MR) is 59.8 cm³/mol. The quantitative estimate of drug-likeness (QED) is 0.529. The molecule has 5 heteroatoms. The summed E-state index contributed by atoms with van der Waals surface area (Å²) in [5, 5.41) is 0. The zero-order chi connectivity index (χ0) is 11.7. The normalized spacial score (nSPS) is 11.9. The average Bonchev–Trinajstić information content (AvgIpc) is 2.18. The fraction of sp³-hybridized carbons (Fsp3) is 0.800. The fourth-order valence-corrected chi connectivity index (χ4v) is 1.47. The molecule has 0 fully saturated rings. The molecule has 88 valence electrons. The van der Waals surface area contributed by atoms with E-state index in [2.05, 4.69) is 15.9 Å². The summed E-state index contributed by atoms with van der Waals surface area (Å²) < 4.78 is 9.57. The Morgan fingerprint density at radius 1 is 1.20 bits per heavy atom. The van der Waals surface area contributed by atoms with Crippen LogP contribution in [0.3, 0.4) is 0 Å². The molecule has 0 aromatic rings. The number of halogens is 1. The Bertz CT molecular complexity index is 206. The number of carbonyl (C=O) groups is 2. The van der Waals surface area contributed by atoms with Gasteiger partial charge < -0.3 is 9.47 Å². The maximum atomic E-state index is 11.2. The molecule has 0 amide bonds. The minimum absolute atomic E-state index is 0.221. The molecule has 0 bridgehead atoms. The summed E-state index contributed by atoms with van der Waals surface area (Å²) in [6.45, 7) is 4.30. The van der Waals surface area contributed by atoms with E-state index in [1.165, 1.54) is 0 Å². The second kappa shape index (κ2) is 8.71. The lowest BCUT2D eigenvalue weighted by Crippen LogP contribution is -2.17. The first-order chi connectivity index (χ1) is 7.11. The van der Waals surface area contributed by atoms with Crippen LogP contribution in [0.2, 0.25) is 0 Å². The van der Waals surface area contributed by atoms with Gasteiger partial charge in [-0.05, 0) is 26.7 Å². The van der Waals surface area contributed by atoms with Gasteiger partial charge in [-0.15, -0.1) is 0 Å². The largest absolute Gasteiger partial charge is 0.466 e. The van der Waals surface area contributed by atoms with E-state index in [1.54, 1.807) is 13.8 Å². The van der Waals surface area contributed by atoms with Gasteiger partial charge in [0, 0.05) is 6.42 Å². The number of rotatable bonds is 7. The number of carbonyl (C=O) groups excluding carboxylic acids is 2. The molecular weight excluding hydrogens is 264 g/mol. The third kappa shape index (κ3) is 7.36. The van der Waals surface area contributed by atoms with Crippen molar-refractivity contribution in [2.45, 2.75) is 37.9 Å². The highest BCUT2D eigenvalue weighted by Gasteiger charge is 2.15. The maximum absolute atomic E-state index is 11.2. The molecule has 0 aliphatic heterocycles. The molecule has 15 heavy (non-hydrogen) atoms. The first-order valence-electron chi connectivity index (χ1n) is 5.08. The number of hydrogen-bond acceptors (Lipinski definition) is 4. The molecule has 0 N–H and O–H groups in total. The summed E-state index contributed by atoms with van der Waals surface area (Å²) in [5.41, 5.74) is 0. The topological polar surface area (TPSA) is 52.6 Å². The second-order valence-electron chi connectivity index (χ2n) is 2.92. The average molecular weight is 281 g/mol. The Labute approximate surface area is 98.4 Å². The number of esters is 2. The number of ether oxygens (including phenoxy) is 2. The summed E-state index contributed by atoms with van der Waals surface area (Å²) in [6.07, 6.45) is 1.54. The minimum atomic E-state index is -0.327. The minimum Gasteiger partial charge on any atom is -0.466 e. The van der Waals surface area contributed by atoms with Crippen molar-refractivity contribution >= 4 is 27.9 Å². The SMILES string of the molecule is CCOC(=O)CCCC(Br)C(=O)OCC. The molecule has 0 radical (unpaired) electrons. The molecule has 0 saturated carbocycles. The van der Waals surface area contributed by atoms with E-state index in [1.807, 2.05) is 0 Å². The highest BCUT2D eigenvalue weighted by Crippen LogP contribution is 2.12. The van der Waals surface area contributed by atoms with Crippen molar-refractivity contribution in [3.8, 4) is 0 Å². The molecule has 0 saturated heterocycles. The molecule has 0 aromatic carbocycles. The van der Waals surface area contributed by atoms with Crippen molar-refractivity contribution < 1.29 is 19.1 Å². The Hall–Kier alpha value is -0.580. The van der Waals surface area contributed by atoms with Crippen LogP contribution in [-0.4, -0.2) is 30.0 Å². The van der Waals surface area contributed by atoms with Crippen LogP contribution in [0, 0.1) is 0 Å². The lowest BCUT2D eigenvalue weighted by atomic mass is 10.2. The van der Waals surface area contributed by atoms with Gasteiger partial charge in [0.1, 0.15) is 4.83 Å². The number of hydrogen-bond donors (Lipinski definition) is 0. The van der Waals surface area contributed by atoms with Crippen LogP contribution in [0.4, 0.5) is 0 Å². The third-order valence-corrected chi connectivity index (χ3v) is 2.52. The summed E-state index contributed by atoms with van der Waals surface area (Å²) in [5.74, 6) is -0.498. The molecular formula is C10H17BrO4. The zero-order valence-electron chi connectivity index (χ0n) is 9.12. The van der Waals surface area contributed by atoms with Crippen molar-refractivity contribution in [3.63, 3.8) is 0 Å². The van der Waals surface area contributed by atoms with Crippen molar-refractivity contribution in [2.24, 2.45) is 0 Å². The van der Waals surface area contributed by atoms with Crippen molar-refractivity contribution in [1.29, 1.82) is 0 Å². The van der Waals surface area contributed by atoms with Gasteiger partial charge in [-0.3, -0.25) is 9.59 Å². The van der Waals surface area contributed by atoms with Gasteiger partial charge >= 0.3 is 11.9 Å². The van der Waals surface area contributed by atoms with Crippen LogP contribution in [-0.2, 0) is 19.1 Å². The van der Waals surface area contributed by atoms with Gasteiger partial charge in [0.25, 0.3) is 0 Å². The Kier molecular flexibility index (Phi) is 8.37. The Morgan fingerprint density at radius 2 is 1.80 bits per heavy atom. The van der Waals surface area contributed by atoms with Gasteiger partial charge in [0.2, 0.25) is 0 Å². The summed E-state index contributed by atoms with van der Waals surface area (Å²) in [7, 11) is 0. The van der Waals surface area contributed by atoms with Crippen molar-refractivity contribution in [3.05, 3.63) is 0 Å². The summed E-state index contributed by atoms with van der Waals surface area (Å²) in [4.78, 5) is 21.8. The van der Waals surface area contributed by atoms with Crippen LogP contribution >= 0.6 is 15.9 Å².